The number of allylic oxidation sites excluding steroid dienone is 1. The monoisotopic (exact) mass is 340 g/mol. The van der Waals surface area contributed by atoms with Crippen LogP contribution in [0.15, 0.2) is 30.6 Å². The van der Waals surface area contributed by atoms with Crippen LogP contribution in [0.5, 0.6) is 0 Å². The summed E-state index contributed by atoms with van der Waals surface area (Å²) in [6.45, 7) is 2.33. The molecule has 0 saturated heterocycles. The van der Waals surface area contributed by atoms with E-state index in [-0.39, 0.29) is 0 Å². The number of halogens is 1. The Labute approximate surface area is 152 Å². The standard InChI is InChI=1S/C24H33F/c1-2-17-3-5-21-15-23(9-7-19(21)13-17)24-10-8-20-14-18(11-12-25)4-6-22(20)16-24/h7,9,11-12,15,17-18,20,22,24H,2-6,8,10,13-14,16H2,1H3/b12-11+. The largest absolute Gasteiger partial charge is 0.216 e. The summed E-state index contributed by atoms with van der Waals surface area (Å²) in [5.74, 6) is 3.89. The van der Waals surface area contributed by atoms with Crippen molar-refractivity contribution in [3.05, 3.63) is 47.3 Å². The Morgan fingerprint density at radius 3 is 2.68 bits per heavy atom. The highest BCUT2D eigenvalue weighted by Crippen LogP contribution is 2.48. The average Bonchev–Trinajstić information content (AvgIpc) is 2.67. The minimum absolute atomic E-state index is 0.498. The maximum atomic E-state index is 12.5. The van der Waals surface area contributed by atoms with Gasteiger partial charge in [0.2, 0.25) is 0 Å². The minimum Gasteiger partial charge on any atom is -0.216 e. The molecule has 0 heterocycles. The van der Waals surface area contributed by atoms with Crippen LogP contribution < -0.4 is 0 Å². The van der Waals surface area contributed by atoms with E-state index >= 15 is 0 Å². The van der Waals surface area contributed by atoms with E-state index in [1.807, 2.05) is 0 Å². The number of hydrogen-bond donors (Lipinski definition) is 0. The van der Waals surface area contributed by atoms with Gasteiger partial charge in [0.25, 0.3) is 0 Å². The summed E-state index contributed by atoms with van der Waals surface area (Å²) in [4.78, 5) is 0. The van der Waals surface area contributed by atoms with E-state index in [0.29, 0.717) is 5.92 Å². The third-order valence-electron chi connectivity index (χ3n) is 7.61. The molecule has 136 valence electrons. The Hall–Kier alpha value is -1.11. The molecule has 0 N–H and O–H groups in total. The highest BCUT2D eigenvalue weighted by molar-refractivity contribution is 5.36. The first-order chi connectivity index (χ1) is 12.3. The zero-order valence-electron chi connectivity index (χ0n) is 15.7. The normalized spacial score (nSPS) is 35.4. The highest BCUT2D eigenvalue weighted by Gasteiger charge is 2.35. The fourth-order valence-electron chi connectivity index (χ4n) is 5.96. The molecule has 0 bridgehead atoms. The van der Waals surface area contributed by atoms with Crippen LogP contribution in [0, 0.1) is 23.7 Å². The summed E-state index contributed by atoms with van der Waals surface area (Å²) in [6, 6.07) is 7.45. The Morgan fingerprint density at radius 2 is 1.84 bits per heavy atom. The molecule has 5 atom stereocenters. The van der Waals surface area contributed by atoms with Gasteiger partial charge in [0.15, 0.2) is 0 Å². The second kappa shape index (κ2) is 7.64. The molecule has 5 unspecified atom stereocenters. The van der Waals surface area contributed by atoms with E-state index in [1.54, 1.807) is 22.8 Å². The average molecular weight is 341 g/mol. The molecule has 1 aromatic rings. The maximum Gasteiger partial charge on any atom is 0.0829 e. The molecule has 0 nitrogen and oxygen atoms in total. The van der Waals surface area contributed by atoms with Crippen LogP contribution in [0.3, 0.4) is 0 Å². The molecule has 1 aromatic carbocycles. The van der Waals surface area contributed by atoms with Gasteiger partial charge in [-0.1, -0.05) is 37.6 Å². The summed E-state index contributed by atoms with van der Waals surface area (Å²) >= 11 is 0. The molecular formula is C24H33F. The van der Waals surface area contributed by atoms with Gasteiger partial charge in [0.1, 0.15) is 0 Å². The second-order valence-electron chi connectivity index (χ2n) is 8.97. The third kappa shape index (κ3) is 3.71. The zero-order chi connectivity index (χ0) is 17.2. The van der Waals surface area contributed by atoms with Crippen molar-refractivity contribution < 1.29 is 4.39 Å². The van der Waals surface area contributed by atoms with Crippen LogP contribution in [0.4, 0.5) is 4.39 Å². The van der Waals surface area contributed by atoms with Gasteiger partial charge in [-0.05, 0) is 104 Å². The predicted molar refractivity (Wildman–Crippen MR) is 103 cm³/mol. The van der Waals surface area contributed by atoms with E-state index in [2.05, 4.69) is 25.1 Å². The van der Waals surface area contributed by atoms with Gasteiger partial charge in [0.05, 0.1) is 6.33 Å². The Balaban J connectivity index is 1.42. The molecule has 0 aromatic heterocycles. The molecular weight excluding hydrogens is 307 g/mol. The molecule has 0 amide bonds. The molecule has 3 aliphatic rings. The Kier molecular flexibility index (Phi) is 5.29. The fourth-order valence-corrected chi connectivity index (χ4v) is 5.96. The van der Waals surface area contributed by atoms with Crippen molar-refractivity contribution in [2.45, 2.75) is 77.0 Å². The van der Waals surface area contributed by atoms with Crippen LogP contribution in [0.25, 0.3) is 0 Å². The van der Waals surface area contributed by atoms with Crippen LogP contribution in [-0.4, -0.2) is 0 Å². The molecule has 1 heteroatoms. The van der Waals surface area contributed by atoms with Crippen molar-refractivity contribution >= 4 is 0 Å². The summed E-state index contributed by atoms with van der Waals surface area (Å²) < 4.78 is 12.5. The molecule has 4 rings (SSSR count). The molecule has 2 saturated carbocycles. The van der Waals surface area contributed by atoms with E-state index < -0.39 is 0 Å². The van der Waals surface area contributed by atoms with Gasteiger partial charge in [-0.3, -0.25) is 0 Å². The summed E-state index contributed by atoms with van der Waals surface area (Å²) in [6.07, 6.45) is 15.6. The second-order valence-corrected chi connectivity index (χ2v) is 8.97. The number of benzene rings is 1. The SMILES string of the molecule is CCC1CCc2cc(C3CCC4CC(/C=C/F)CCC4C3)ccc2C1. The first kappa shape index (κ1) is 17.3. The van der Waals surface area contributed by atoms with E-state index in [0.717, 1.165) is 30.0 Å². The minimum atomic E-state index is 0.498. The van der Waals surface area contributed by atoms with Crippen molar-refractivity contribution in [1.82, 2.24) is 0 Å². The van der Waals surface area contributed by atoms with Gasteiger partial charge in [0, 0.05) is 0 Å². The van der Waals surface area contributed by atoms with E-state index in [9.17, 15) is 4.39 Å². The number of hydrogen-bond acceptors (Lipinski definition) is 0. The van der Waals surface area contributed by atoms with Crippen molar-refractivity contribution in [3.8, 4) is 0 Å². The summed E-state index contributed by atoms with van der Waals surface area (Å²) in [7, 11) is 0. The summed E-state index contributed by atoms with van der Waals surface area (Å²) in [5.41, 5.74) is 4.87. The highest BCUT2D eigenvalue weighted by atomic mass is 19.1. The van der Waals surface area contributed by atoms with Gasteiger partial charge >= 0.3 is 0 Å². The van der Waals surface area contributed by atoms with Crippen LogP contribution in [0.2, 0.25) is 0 Å². The quantitative estimate of drug-likeness (QED) is 0.556. The molecule has 2 fully saturated rings. The molecule has 25 heavy (non-hydrogen) atoms. The number of aryl methyl sites for hydroxylation is 1. The predicted octanol–water partition coefficient (Wildman–Crippen LogP) is 6.98. The molecule has 0 spiro atoms. The topological polar surface area (TPSA) is 0 Å². The van der Waals surface area contributed by atoms with Gasteiger partial charge in [-0.15, -0.1) is 0 Å². The zero-order valence-corrected chi connectivity index (χ0v) is 15.7. The van der Waals surface area contributed by atoms with Gasteiger partial charge in [-0.2, -0.15) is 0 Å². The summed E-state index contributed by atoms with van der Waals surface area (Å²) in [5, 5.41) is 0. The maximum absolute atomic E-state index is 12.5. The van der Waals surface area contributed by atoms with Crippen LogP contribution in [-0.2, 0) is 12.8 Å². The van der Waals surface area contributed by atoms with Crippen molar-refractivity contribution in [2.75, 3.05) is 0 Å². The van der Waals surface area contributed by atoms with Crippen molar-refractivity contribution in [3.63, 3.8) is 0 Å². The first-order valence-corrected chi connectivity index (χ1v) is 10.6. The lowest BCUT2D eigenvalue weighted by molar-refractivity contribution is 0.133. The molecule has 3 aliphatic carbocycles. The van der Waals surface area contributed by atoms with Gasteiger partial charge in [-0.25, -0.2) is 4.39 Å². The lowest BCUT2D eigenvalue weighted by Gasteiger charge is -2.42. The Morgan fingerprint density at radius 1 is 1.00 bits per heavy atom. The Bertz CT molecular complexity index is 617. The van der Waals surface area contributed by atoms with Crippen molar-refractivity contribution in [2.24, 2.45) is 23.7 Å². The van der Waals surface area contributed by atoms with E-state index in [4.69, 9.17) is 0 Å². The smallest absolute Gasteiger partial charge is 0.0829 e. The van der Waals surface area contributed by atoms with E-state index in [1.165, 1.54) is 64.2 Å². The molecule has 0 radical (unpaired) electrons. The first-order valence-electron chi connectivity index (χ1n) is 10.6. The van der Waals surface area contributed by atoms with Crippen LogP contribution in [0.1, 0.15) is 80.9 Å². The third-order valence-corrected chi connectivity index (χ3v) is 7.61. The van der Waals surface area contributed by atoms with Crippen LogP contribution >= 0.6 is 0 Å². The number of rotatable bonds is 3. The molecule has 0 aliphatic heterocycles. The lowest BCUT2D eigenvalue weighted by atomic mass is 9.63. The van der Waals surface area contributed by atoms with Crippen molar-refractivity contribution in [1.29, 1.82) is 0 Å². The number of fused-ring (bicyclic) bond motifs is 2. The lowest BCUT2D eigenvalue weighted by Crippen LogP contribution is -2.30. The fraction of sp³-hybridized carbons (Fsp3) is 0.667. The van der Waals surface area contributed by atoms with Gasteiger partial charge < -0.3 is 0 Å².